The smallest absolute Gasteiger partial charge is 0.372 e. The molecule has 21 heavy (non-hydrogen) atoms. The van der Waals surface area contributed by atoms with Gasteiger partial charge in [-0.1, -0.05) is 29.3 Å². The Bertz CT molecular complexity index is 788. The lowest BCUT2D eigenvalue weighted by Gasteiger charge is -2.07. The highest BCUT2D eigenvalue weighted by Gasteiger charge is 2.25. The maximum absolute atomic E-state index is 12.4. The van der Waals surface area contributed by atoms with E-state index in [0.717, 1.165) is 0 Å². The third-order valence-electron chi connectivity index (χ3n) is 2.73. The predicted octanol–water partition coefficient (Wildman–Crippen LogP) is 3.57. The van der Waals surface area contributed by atoms with Gasteiger partial charge in [0.05, 0.1) is 10.0 Å². The summed E-state index contributed by atoms with van der Waals surface area (Å²) >= 11 is 11.8. The standard InChI is InChI=1S/C13H10Cl2O5S/c1-7-5-8(20-11(7)13(16)17)6-21(18,19)12-9(14)3-2-4-10(12)15/h2-5H,6H2,1H3,(H,16,17). The number of hydrogen-bond acceptors (Lipinski definition) is 4. The summed E-state index contributed by atoms with van der Waals surface area (Å²) in [6.45, 7) is 1.52. The van der Waals surface area contributed by atoms with Crippen molar-refractivity contribution < 1.29 is 22.7 Å². The molecule has 1 aromatic heterocycles. The third-order valence-corrected chi connectivity index (χ3v) is 5.31. The SMILES string of the molecule is Cc1cc(CS(=O)(=O)c2c(Cl)cccc2Cl)oc1C(=O)O. The molecule has 2 rings (SSSR count). The Hall–Kier alpha value is -1.50. The topological polar surface area (TPSA) is 84.6 Å². The minimum Gasteiger partial charge on any atom is -0.475 e. The number of halogens is 2. The zero-order chi connectivity index (χ0) is 15.8. The van der Waals surface area contributed by atoms with Crippen molar-refractivity contribution in [3.8, 4) is 0 Å². The van der Waals surface area contributed by atoms with Crippen LogP contribution in [0.15, 0.2) is 33.6 Å². The molecule has 0 saturated heterocycles. The summed E-state index contributed by atoms with van der Waals surface area (Å²) in [5.41, 5.74) is 0.345. The molecule has 112 valence electrons. The number of carboxylic acids is 1. The molecule has 1 heterocycles. The molecule has 0 unspecified atom stereocenters. The molecule has 1 N–H and O–H groups in total. The van der Waals surface area contributed by atoms with Crippen molar-refractivity contribution in [3.05, 3.63) is 51.4 Å². The Morgan fingerprint density at radius 2 is 1.86 bits per heavy atom. The second-order valence-electron chi connectivity index (χ2n) is 4.34. The number of furan rings is 1. The van der Waals surface area contributed by atoms with E-state index in [1.54, 1.807) is 0 Å². The first-order valence-corrected chi connectivity index (χ1v) is 8.12. The summed E-state index contributed by atoms with van der Waals surface area (Å²) in [5.74, 6) is -2.05. The zero-order valence-corrected chi connectivity index (χ0v) is 13.1. The summed E-state index contributed by atoms with van der Waals surface area (Å²) in [6, 6.07) is 5.72. The van der Waals surface area contributed by atoms with Gasteiger partial charge in [0.15, 0.2) is 9.84 Å². The second kappa shape index (κ2) is 5.71. The lowest BCUT2D eigenvalue weighted by atomic mass is 10.3. The van der Waals surface area contributed by atoms with E-state index in [1.165, 1.54) is 31.2 Å². The van der Waals surface area contributed by atoms with Crippen molar-refractivity contribution in [1.29, 1.82) is 0 Å². The van der Waals surface area contributed by atoms with Gasteiger partial charge in [-0.2, -0.15) is 0 Å². The van der Waals surface area contributed by atoms with Crippen LogP contribution in [0.3, 0.4) is 0 Å². The number of rotatable bonds is 4. The average Bonchev–Trinajstić information content (AvgIpc) is 2.68. The van der Waals surface area contributed by atoms with Crippen LogP contribution in [0.2, 0.25) is 10.0 Å². The number of sulfone groups is 1. The number of aryl methyl sites for hydroxylation is 1. The van der Waals surface area contributed by atoms with E-state index in [-0.39, 0.29) is 26.5 Å². The molecule has 0 aliphatic carbocycles. The van der Waals surface area contributed by atoms with Crippen LogP contribution in [-0.4, -0.2) is 19.5 Å². The Balaban J connectivity index is 2.43. The summed E-state index contributed by atoms with van der Waals surface area (Å²) in [7, 11) is -3.85. The average molecular weight is 349 g/mol. The first kappa shape index (κ1) is 15.9. The van der Waals surface area contributed by atoms with Crippen molar-refractivity contribution >= 4 is 39.0 Å². The highest BCUT2D eigenvalue weighted by atomic mass is 35.5. The molecule has 0 atom stereocenters. The molecule has 0 fully saturated rings. The molecule has 2 aromatic rings. The van der Waals surface area contributed by atoms with Crippen molar-refractivity contribution in [1.82, 2.24) is 0 Å². The van der Waals surface area contributed by atoms with Gasteiger partial charge in [-0.25, -0.2) is 13.2 Å². The fraction of sp³-hybridized carbons (Fsp3) is 0.154. The van der Waals surface area contributed by atoms with Gasteiger partial charge in [-0.05, 0) is 25.1 Å². The Morgan fingerprint density at radius 3 is 2.33 bits per heavy atom. The lowest BCUT2D eigenvalue weighted by Crippen LogP contribution is -2.06. The first-order chi connectivity index (χ1) is 9.72. The van der Waals surface area contributed by atoms with Crippen LogP contribution in [0, 0.1) is 6.92 Å². The molecule has 0 bridgehead atoms. The van der Waals surface area contributed by atoms with Gasteiger partial charge in [0.25, 0.3) is 0 Å². The summed E-state index contributed by atoms with van der Waals surface area (Å²) < 4.78 is 29.8. The van der Waals surface area contributed by atoms with Gasteiger partial charge >= 0.3 is 5.97 Å². The summed E-state index contributed by atoms with van der Waals surface area (Å²) in [4.78, 5) is 10.7. The van der Waals surface area contributed by atoms with Crippen molar-refractivity contribution in [2.24, 2.45) is 0 Å². The van der Waals surface area contributed by atoms with Gasteiger partial charge < -0.3 is 9.52 Å². The number of aromatic carboxylic acids is 1. The lowest BCUT2D eigenvalue weighted by molar-refractivity contribution is 0.0659. The first-order valence-electron chi connectivity index (χ1n) is 5.71. The third kappa shape index (κ3) is 3.23. The van der Waals surface area contributed by atoms with Gasteiger partial charge in [0.2, 0.25) is 5.76 Å². The number of benzene rings is 1. The van der Waals surface area contributed by atoms with Crippen LogP contribution < -0.4 is 0 Å². The fourth-order valence-electron chi connectivity index (χ4n) is 1.87. The number of hydrogen-bond donors (Lipinski definition) is 1. The Labute approximate surface area is 131 Å². The Kier molecular flexibility index (Phi) is 4.32. The number of carboxylic acid groups (broad SMARTS) is 1. The molecule has 8 heteroatoms. The summed E-state index contributed by atoms with van der Waals surface area (Å²) in [5, 5.41) is 8.90. The Morgan fingerprint density at radius 1 is 1.29 bits per heavy atom. The molecular formula is C13H10Cl2O5S. The van der Waals surface area contributed by atoms with E-state index in [2.05, 4.69) is 0 Å². The second-order valence-corrected chi connectivity index (χ2v) is 7.08. The van der Waals surface area contributed by atoms with Crippen molar-refractivity contribution in [2.45, 2.75) is 17.6 Å². The predicted molar refractivity (Wildman–Crippen MR) is 77.8 cm³/mol. The van der Waals surface area contributed by atoms with Crippen LogP contribution in [0.25, 0.3) is 0 Å². The van der Waals surface area contributed by atoms with Gasteiger partial charge in [0, 0.05) is 5.56 Å². The van der Waals surface area contributed by atoms with E-state index >= 15 is 0 Å². The van der Waals surface area contributed by atoms with E-state index < -0.39 is 21.6 Å². The largest absolute Gasteiger partial charge is 0.475 e. The van der Waals surface area contributed by atoms with Crippen LogP contribution in [0.4, 0.5) is 0 Å². The monoisotopic (exact) mass is 348 g/mol. The van der Waals surface area contributed by atoms with Crippen LogP contribution >= 0.6 is 23.2 Å². The molecule has 0 aliphatic rings. The fourth-order valence-corrected chi connectivity index (χ4v) is 4.36. The molecule has 0 radical (unpaired) electrons. The molecular weight excluding hydrogens is 339 g/mol. The molecule has 0 amide bonds. The minimum atomic E-state index is -3.85. The quantitative estimate of drug-likeness (QED) is 0.912. The van der Waals surface area contributed by atoms with Crippen LogP contribution in [0.5, 0.6) is 0 Å². The normalized spacial score (nSPS) is 11.6. The maximum Gasteiger partial charge on any atom is 0.372 e. The van der Waals surface area contributed by atoms with E-state index in [9.17, 15) is 13.2 Å². The van der Waals surface area contributed by atoms with E-state index in [0.29, 0.717) is 5.56 Å². The van der Waals surface area contributed by atoms with Gasteiger partial charge in [-0.15, -0.1) is 0 Å². The summed E-state index contributed by atoms with van der Waals surface area (Å²) in [6.07, 6.45) is 0. The van der Waals surface area contributed by atoms with Crippen LogP contribution in [0.1, 0.15) is 21.9 Å². The van der Waals surface area contributed by atoms with E-state index in [4.69, 9.17) is 32.7 Å². The minimum absolute atomic E-state index is 0.00392. The van der Waals surface area contributed by atoms with Crippen molar-refractivity contribution in [2.75, 3.05) is 0 Å². The highest BCUT2D eigenvalue weighted by Crippen LogP contribution is 2.32. The molecule has 0 spiro atoms. The molecule has 0 saturated carbocycles. The van der Waals surface area contributed by atoms with Crippen molar-refractivity contribution in [3.63, 3.8) is 0 Å². The number of carbonyl (C=O) groups is 1. The van der Waals surface area contributed by atoms with Gasteiger partial charge in [0.1, 0.15) is 16.4 Å². The maximum atomic E-state index is 12.4. The van der Waals surface area contributed by atoms with Crippen LogP contribution in [-0.2, 0) is 15.6 Å². The molecule has 0 aliphatic heterocycles. The highest BCUT2D eigenvalue weighted by molar-refractivity contribution is 7.90. The zero-order valence-electron chi connectivity index (χ0n) is 10.8. The van der Waals surface area contributed by atoms with Gasteiger partial charge in [-0.3, -0.25) is 0 Å². The molecule has 1 aromatic carbocycles. The molecule has 5 nitrogen and oxygen atoms in total. The van der Waals surface area contributed by atoms with E-state index in [1.807, 2.05) is 0 Å².